The first-order chi connectivity index (χ1) is 17.5. The minimum absolute atomic E-state index is 0.0587. The molecule has 0 aromatic heterocycles. The van der Waals surface area contributed by atoms with E-state index in [-0.39, 0.29) is 24.6 Å². The number of piperazine rings is 1. The zero-order valence-corrected chi connectivity index (χ0v) is 21.9. The number of methoxy groups -OCH3 is 1. The largest absolute Gasteiger partial charge is 0.493 e. The van der Waals surface area contributed by atoms with E-state index in [1.165, 1.54) is 32.1 Å². The summed E-state index contributed by atoms with van der Waals surface area (Å²) >= 11 is 0. The molecule has 0 bridgehead atoms. The summed E-state index contributed by atoms with van der Waals surface area (Å²) in [6.45, 7) is 5.27. The molecule has 1 N–H and O–H groups in total. The minimum atomic E-state index is -0.724. The fourth-order valence-electron chi connectivity index (χ4n) is 6.54. The molecular weight excluding hydrogens is 458 g/mol. The van der Waals surface area contributed by atoms with Crippen LogP contribution >= 0.6 is 0 Å². The number of hydrogen-bond donors (Lipinski definition) is 1. The first-order valence-corrected chi connectivity index (χ1v) is 13.9. The van der Waals surface area contributed by atoms with Gasteiger partial charge >= 0.3 is 0 Å². The molecule has 1 aromatic carbocycles. The number of ether oxygens (including phenoxy) is 3. The molecule has 1 atom stereocenters. The fraction of sp³-hybridized carbons (Fsp3) is 0.714. The van der Waals surface area contributed by atoms with Gasteiger partial charge in [-0.1, -0.05) is 45.4 Å². The molecule has 0 unspecified atom stereocenters. The quantitative estimate of drug-likeness (QED) is 0.585. The molecule has 4 aliphatic rings. The Morgan fingerprint density at radius 3 is 2.61 bits per heavy atom. The number of unbranched alkanes of at least 4 members (excludes halogenated alkanes) is 1. The molecule has 2 amide bonds. The maximum absolute atomic E-state index is 13.7. The lowest BCUT2D eigenvalue weighted by Crippen LogP contribution is -2.73. The van der Waals surface area contributed by atoms with E-state index < -0.39 is 5.54 Å². The van der Waals surface area contributed by atoms with Gasteiger partial charge in [0.25, 0.3) is 0 Å². The second-order valence-corrected chi connectivity index (χ2v) is 10.9. The van der Waals surface area contributed by atoms with Crippen LogP contribution in [0.2, 0.25) is 0 Å². The van der Waals surface area contributed by atoms with Crippen molar-refractivity contribution in [2.24, 2.45) is 5.92 Å². The van der Waals surface area contributed by atoms with Crippen LogP contribution in [-0.4, -0.2) is 66.7 Å². The van der Waals surface area contributed by atoms with Crippen LogP contribution < -0.4 is 19.5 Å². The van der Waals surface area contributed by atoms with Crippen molar-refractivity contribution in [1.29, 1.82) is 0 Å². The second kappa shape index (κ2) is 10.9. The minimum Gasteiger partial charge on any atom is -0.493 e. The summed E-state index contributed by atoms with van der Waals surface area (Å²) in [5, 5.41) is 3.19. The Labute approximate surface area is 214 Å². The van der Waals surface area contributed by atoms with Crippen molar-refractivity contribution in [2.45, 2.75) is 89.3 Å². The summed E-state index contributed by atoms with van der Waals surface area (Å²) in [5.74, 6) is 2.80. The van der Waals surface area contributed by atoms with E-state index in [0.29, 0.717) is 42.6 Å². The number of carbonyl (C=O) groups excluding carboxylic acids is 2. The summed E-state index contributed by atoms with van der Waals surface area (Å²) in [7, 11) is 1.64. The number of likely N-dealkylation sites (tertiary alicyclic amines) is 1. The van der Waals surface area contributed by atoms with Crippen LogP contribution in [0.15, 0.2) is 12.1 Å². The van der Waals surface area contributed by atoms with Crippen molar-refractivity contribution in [3.05, 3.63) is 17.7 Å². The number of rotatable bonds is 8. The monoisotopic (exact) mass is 499 g/mol. The third-order valence-electron chi connectivity index (χ3n) is 8.65. The van der Waals surface area contributed by atoms with Crippen LogP contribution in [0, 0.1) is 5.92 Å². The number of nitrogens with zero attached hydrogens (tertiary/aromatic N) is 2. The summed E-state index contributed by atoms with van der Waals surface area (Å²) in [6.07, 6.45) is 10.2. The lowest BCUT2D eigenvalue weighted by atomic mass is 9.79. The zero-order chi connectivity index (χ0) is 25.1. The molecular formula is C28H41N3O5. The maximum atomic E-state index is 13.7. The Morgan fingerprint density at radius 1 is 1.11 bits per heavy atom. The molecule has 1 spiro atoms. The van der Waals surface area contributed by atoms with E-state index in [2.05, 4.69) is 17.1 Å². The molecule has 3 aliphatic heterocycles. The van der Waals surface area contributed by atoms with E-state index in [1.807, 2.05) is 17.0 Å². The van der Waals surface area contributed by atoms with Gasteiger partial charge in [-0.2, -0.15) is 0 Å². The number of carbonyl (C=O) groups is 2. The highest BCUT2D eigenvalue weighted by Gasteiger charge is 2.53. The standard InChI is InChI=1S/C28H41N3O5/c1-3-4-12-31-26(32)22(15-20-8-6-5-7-9-20)29-27(33)28(31)10-13-30(14-11-28)18-21-16-23(34-2)25-24(17-21)35-19-36-25/h16-17,20,22H,3-15,18-19H2,1-2H3,(H,29,33)/t22-/m0/s1. The Hall–Kier alpha value is -2.48. The van der Waals surface area contributed by atoms with Gasteiger partial charge in [0.05, 0.1) is 7.11 Å². The van der Waals surface area contributed by atoms with Gasteiger partial charge in [0, 0.05) is 26.2 Å². The molecule has 1 aromatic rings. The van der Waals surface area contributed by atoms with Crippen LogP contribution in [-0.2, 0) is 16.1 Å². The first-order valence-electron chi connectivity index (χ1n) is 13.9. The first kappa shape index (κ1) is 25.2. The molecule has 3 fully saturated rings. The van der Waals surface area contributed by atoms with Crippen molar-refractivity contribution in [1.82, 2.24) is 15.1 Å². The number of hydrogen-bond acceptors (Lipinski definition) is 6. The number of piperidine rings is 1. The Bertz CT molecular complexity index is 953. The molecule has 1 aliphatic carbocycles. The van der Waals surface area contributed by atoms with Crippen molar-refractivity contribution < 1.29 is 23.8 Å². The van der Waals surface area contributed by atoms with Crippen LogP contribution in [0.4, 0.5) is 0 Å². The maximum Gasteiger partial charge on any atom is 0.246 e. The summed E-state index contributed by atoms with van der Waals surface area (Å²) in [4.78, 5) is 31.7. The van der Waals surface area contributed by atoms with E-state index in [9.17, 15) is 9.59 Å². The van der Waals surface area contributed by atoms with Crippen molar-refractivity contribution >= 4 is 11.8 Å². The zero-order valence-electron chi connectivity index (χ0n) is 21.9. The molecule has 1 saturated carbocycles. The third-order valence-corrected chi connectivity index (χ3v) is 8.65. The van der Waals surface area contributed by atoms with Crippen LogP contribution in [0.1, 0.15) is 76.7 Å². The average molecular weight is 500 g/mol. The molecule has 8 heteroatoms. The third kappa shape index (κ3) is 4.89. The molecule has 198 valence electrons. The molecule has 8 nitrogen and oxygen atoms in total. The summed E-state index contributed by atoms with van der Waals surface area (Å²) in [6, 6.07) is 3.65. The lowest BCUT2D eigenvalue weighted by Gasteiger charge is -2.52. The van der Waals surface area contributed by atoms with Crippen molar-refractivity contribution in [3.63, 3.8) is 0 Å². The van der Waals surface area contributed by atoms with Gasteiger partial charge in [0.15, 0.2) is 11.5 Å². The SMILES string of the molecule is CCCCN1C(=O)[C@H](CC2CCCCC2)NC(=O)C12CCN(Cc1cc(OC)c3c(c1)OCO3)CC2. The van der Waals surface area contributed by atoms with E-state index in [4.69, 9.17) is 14.2 Å². The molecule has 36 heavy (non-hydrogen) atoms. The van der Waals surface area contributed by atoms with E-state index in [1.54, 1.807) is 7.11 Å². The summed E-state index contributed by atoms with van der Waals surface area (Å²) < 4.78 is 16.6. The van der Waals surface area contributed by atoms with Gasteiger partial charge in [-0.05, 0) is 49.3 Å². The van der Waals surface area contributed by atoms with Gasteiger partial charge in [0.2, 0.25) is 24.4 Å². The van der Waals surface area contributed by atoms with Crippen molar-refractivity contribution in [3.8, 4) is 17.2 Å². The smallest absolute Gasteiger partial charge is 0.246 e. The van der Waals surface area contributed by atoms with Gasteiger partial charge < -0.3 is 24.4 Å². The normalized spacial score (nSPS) is 24.3. The topological polar surface area (TPSA) is 80.3 Å². The molecule has 0 radical (unpaired) electrons. The fourth-order valence-corrected chi connectivity index (χ4v) is 6.54. The van der Waals surface area contributed by atoms with Crippen LogP contribution in [0.5, 0.6) is 17.2 Å². The molecule has 2 saturated heterocycles. The average Bonchev–Trinajstić information content (AvgIpc) is 3.37. The second-order valence-electron chi connectivity index (χ2n) is 10.9. The van der Waals surface area contributed by atoms with Gasteiger partial charge in [-0.3, -0.25) is 14.5 Å². The highest BCUT2D eigenvalue weighted by atomic mass is 16.7. The number of benzene rings is 1. The molecule has 5 rings (SSSR count). The lowest BCUT2D eigenvalue weighted by molar-refractivity contribution is -0.162. The summed E-state index contributed by atoms with van der Waals surface area (Å²) in [5.41, 5.74) is 0.366. The van der Waals surface area contributed by atoms with E-state index >= 15 is 0 Å². The van der Waals surface area contributed by atoms with Gasteiger partial charge in [0.1, 0.15) is 11.6 Å². The Balaban J connectivity index is 1.27. The number of nitrogens with one attached hydrogen (secondary N) is 1. The Morgan fingerprint density at radius 2 is 1.89 bits per heavy atom. The highest BCUT2D eigenvalue weighted by molar-refractivity contribution is 6.00. The van der Waals surface area contributed by atoms with Crippen LogP contribution in [0.25, 0.3) is 0 Å². The predicted octanol–water partition coefficient (Wildman–Crippen LogP) is 3.86. The number of amides is 2. The van der Waals surface area contributed by atoms with Gasteiger partial charge in [-0.25, -0.2) is 0 Å². The van der Waals surface area contributed by atoms with Crippen molar-refractivity contribution in [2.75, 3.05) is 33.5 Å². The predicted molar refractivity (Wildman–Crippen MR) is 136 cm³/mol. The molecule has 3 heterocycles. The number of fused-ring (bicyclic) bond motifs is 1. The highest BCUT2D eigenvalue weighted by Crippen LogP contribution is 2.42. The van der Waals surface area contributed by atoms with E-state index in [0.717, 1.165) is 44.5 Å². The Kier molecular flexibility index (Phi) is 7.60. The van der Waals surface area contributed by atoms with Gasteiger partial charge in [-0.15, -0.1) is 0 Å². The van der Waals surface area contributed by atoms with Crippen LogP contribution in [0.3, 0.4) is 0 Å².